The normalized spacial score (nSPS) is 10.9. The summed E-state index contributed by atoms with van der Waals surface area (Å²) in [6, 6.07) is 16.1. The van der Waals surface area contributed by atoms with Crippen molar-refractivity contribution in [1.82, 2.24) is 5.43 Å². The first-order chi connectivity index (χ1) is 15.9. The lowest BCUT2D eigenvalue weighted by Gasteiger charge is -2.15. The maximum atomic E-state index is 12.1. The van der Waals surface area contributed by atoms with Crippen LogP contribution in [0.3, 0.4) is 0 Å². The van der Waals surface area contributed by atoms with Gasteiger partial charge in [0.25, 0.3) is 0 Å². The smallest absolute Gasteiger partial charge is 0.244 e. The Bertz CT molecular complexity index is 1150. The Morgan fingerprint density at radius 2 is 1.79 bits per heavy atom. The number of amides is 1. The van der Waals surface area contributed by atoms with Crippen molar-refractivity contribution in [2.24, 2.45) is 5.10 Å². The molecule has 0 aliphatic carbocycles. The summed E-state index contributed by atoms with van der Waals surface area (Å²) in [7, 11) is 0. The predicted molar refractivity (Wildman–Crippen MR) is 137 cm³/mol. The third kappa shape index (κ3) is 7.64. The van der Waals surface area contributed by atoms with Crippen molar-refractivity contribution in [2.75, 3.05) is 6.61 Å². The molecule has 3 rings (SSSR count). The molecule has 33 heavy (non-hydrogen) atoms. The summed E-state index contributed by atoms with van der Waals surface area (Å²) in [5, 5.41) is 5.41. The van der Waals surface area contributed by atoms with Crippen molar-refractivity contribution >= 4 is 62.9 Å². The van der Waals surface area contributed by atoms with Gasteiger partial charge in [0.2, 0.25) is 5.91 Å². The number of carbonyl (C=O) groups is 1. The Morgan fingerprint density at radius 3 is 2.48 bits per heavy atom. The summed E-state index contributed by atoms with van der Waals surface area (Å²) >= 11 is 22.0. The van der Waals surface area contributed by atoms with Crippen molar-refractivity contribution in [3.8, 4) is 11.5 Å². The van der Waals surface area contributed by atoms with E-state index in [2.05, 4.69) is 26.5 Å². The number of rotatable bonds is 9. The predicted octanol–water partition coefficient (Wildman–Crippen LogP) is 7.08. The fraction of sp³-hybridized carbons (Fsp3) is 0.167. The second-order valence-electron chi connectivity index (χ2n) is 6.88. The lowest BCUT2D eigenvalue weighted by Crippen LogP contribution is -2.19. The number of ether oxygens (including phenoxy) is 2. The summed E-state index contributed by atoms with van der Waals surface area (Å²) in [4.78, 5) is 12.1. The van der Waals surface area contributed by atoms with Gasteiger partial charge in [0.1, 0.15) is 6.61 Å². The first-order valence-corrected chi connectivity index (χ1v) is 11.9. The molecule has 1 N–H and O–H groups in total. The summed E-state index contributed by atoms with van der Waals surface area (Å²) in [6.45, 7) is 2.46. The number of halogens is 4. The van der Waals surface area contributed by atoms with Gasteiger partial charge in [0, 0.05) is 20.1 Å². The molecule has 0 spiro atoms. The van der Waals surface area contributed by atoms with E-state index in [9.17, 15) is 4.79 Å². The first kappa shape index (κ1) is 25.4. The van der Waals surface area contributed by atoms with Crippen molar-refractivity contribution in [1.29, 1.82) is 0 Å². The van der Waals surface area contributed by atoms with E-state index in [0.717, 1.165) is 15.6 Å². The van der Waals surface area contributed by atoms with Gasteiger partial charge in [-0.1, -0.05) is 68.9 Å². The molecular weight excluding hydrogens is 551 g/mol. The Morgan fingerprint density at radius 1 is 1.03 bits per heavy atom. The highest BCUT2D eigenvalue weighted by molar-refractivity contribution is 9.10. The monoisotopic (exact) mass is 568 g/mol. The molecular formula is C24H20BrCl3N2O3. The number of carbonyl (C=O) groups excluding carboxylic acids is 1. The number of hydrogen-bond acceptors (Lipinski definition) is 4. The van der Waals surface area contributed by atoms with Gasteiger partial charge in [-0.15, -0.1) is 0 Å². The maximum absolute atomic E-state index is 12.1. The lowest BCUT2D eigenvalue weighted by atomic mass is 10.1. The van der Waals surface area contributed by atoms with E-state index in [1.165, 1.54) is 6.21 Å². The summed E-state index contributed by atoms with van der Waals surface area (Å²) in [6.07, 6.45) is 1.71. The molecule has 172 valence electrons. The van der Waals surface area contributed by atoms with Crippen LogP contribution in [0.5, 0.6) is 11.5 Å². The van der Waals surface area contributed by atoms with E-state index >= 15 is 0 Å². The van der Waals surface area contributed by atoms with Crippen LogP contribution in [0.4, 0.5) is 0 Å². The average Bonchev–Trinajstić information content (AvgIpc) is 2.76. The molecule has 0 aliphatic heterocycles. The molecule has 0 aliphatic rings. The van der Waals surface area contributed by atoms with Gasteiger partial charge < -0.3 is 9.47 Å². The molecule has 5 nitrogen and oxygen atoms in total. The highest BCUT2D eigenvalue weighted by atomic mass is 79.9. The van der Waals surface area contributed by atoms with Crippen LogP contribution in [0.25, 0.3) is 0 Å². The van der Waals surface area contributed by atoms with Crippen molar-refractivity contribution in [3.63, 3.8) is 0 Å². The van der Waals surface area contributed by atoms with Crippen LogP contribution >= 0.6 is 50.7 Å². The standard InChI is InChI=1S/C24H20BrCl3N2O3/c1-2-32-22-10-16(13-29-30-23(31)11-15-3-6-18(25)7-4-15)9-21(28)24(22)33-14-17-5-8-19(26)12-20(17)27/h3-10,12-13H,2,11,14H2,1H3,(H,30,31)/b29-13+. The topological polar surface area (TPSA) is 59.9 Å². The number of benzene rings is 3. The van der Waals surface area contributed by atoms with Gasteiger partial charge in [-0.3, -0.25) is 4.79 Å². The Labute approximate surface area is 215 Å². The Balaban J connectivity index is 1.67. The van der Waals surface area contributed by atoms with E-state index in [1.54, 1.807) is 30.3 Å². The van der Waals surface area contributed by atoms with Crippen LogP contribution in [0.2, 0.25) is 15.1 Å². The highest BCUT2D eigenvalue weighted by Crippen LogP contribution is 2.37. The molecule has 0 atom stereocenters. The second-order valence-corrected chi connectivity index (χ2v) is 9.05. The van der Waals surface area contributed by atoms with Crippen molar-refractivity contribution < 1.29 is 14.3 Å². The first-order valence-electron chi connectivity index (χ1n) is 9.95. The summed E-state index contributed by atoms with van der Waals surface area (Å²) < 4.78 is 12.5. The third-order valence-corrected chi connectivity index (χ3v) is 5.80. The molecule has 3 aromatic carbocycles. The molecule has 0 saturated heterocycles. The molecule has 9 heteroatoms. The number of hydrazone groups is 1. The van der Waals surface area contributed by atoms with Crippen LogP contribution < -0.4 is 14.9 Å². The largest absolute Gasteiger partial charge is 0.490 e. The molecule has 0 fully saturated rings. The van der Waals surface area contributed by atoms with E-state index in [1.807, 2.05) is 31.2 Å². The van der Waals surface area contributed by atoms with Crippen molar-refractivity contribution in [2.45, 2.75) is 20.0 Å². The number of hydrogen-bond donors (Lipinski definition) is 1. The SMILES string of the molecule is CCOc1cc(/C=N/NC(=O)Cc2ccc(Br)cc2)cc(Cl)c1OCc1ccc(Cl)cc1Cl. The summed E-state index contributed by atoms with van der Waals surface area (Å²) in [5.41, 5.74) is 4.81. The van der Waals surface area contributed by atoms with Gasteiger partial charge in [0.05, 0.1) is 24.3 Å². The van der Waals surface area contributed by atoms with Crippen LogP contribution in [0, 0.1) is 0 Å². The van der Waals surface area contributed by atoms with Crippen LogP contribution in [0.15, 0.2) is 64.2 Å². The molecule has 0 saturated carbocycles. The number of nitrogens with one attached hydrogen (secondary N) is 1. The van der Waals surface area contributed by atoms with Gasteiger partial charge >= 0.3 is 0 Å². The Hall–Kier alpha value is -2.25. The minimum absolute atomic E-state index is 0.190. The fourth-order valence-corrected chi connectivity index (χ4v) is 3.86. The van der Waals surface area contributed by atoms with Crippen molar-refractivity contribution in [3.05, 3.63) is 90.8 Å². The van der Waals surface area contributed by atoms with Crippen LogP contribution in [-0.4, -0.2) is 18.7 Å². The van der Waals surface area contributed by atoms with Crippen LogP contribution in [0.1, 0.15) is 23.6 Å². The minimum Gasteiger partial charge on any atom is -0.490 e. The molecule has 0 radical (unpaired) electrons. The molecule has 0 bridgehead atoms. The summed E-state index contributed by atoms with van der Waals surface area (Å²) in [5.74, 6) is 0.614. The van der Waals surface area contributed by atoms with Gasteiger partial charge in [-0.2, -0.15) is 5.10 Å². The van der Waals surface area contributed by atoms with Gasteiger partial charge in [0.15, 0.2) is 11.5 Å². The van der Waals surface area contributed by atoms with Crippen LogP contribution in [-0.2, 0) is 17.8 Å². The number of nitrogens with zero attached hydrogens (tertiary/aromatic N) is 1. The third-order valence-electron chi connectivity index (χ3n) is 4.40. The Kier molecular flexibility index (Phi) is 9.44. The fourth-order valence-electron chi connectivity index (χ4n) is 2.86. The average molecular weight is 571 g/mol. The maximum Gasteiger partial charge on any atom is 0.244 e. The van der Waals surface area contributed by atoms with E-state index in [0.29, 0.717) is 38.7 Å². The zero-order chi connectivity index (χ0) is 23.8. The highest BCUT2D eigenvalue weighted by Gasteiger charge is 2.14. The second kappa shape index (κ2) is 12.3. The zero-order valence-electron chi connectivity index (χ0n) is 17.6. The molecule has 0 aromatic heterocycles. The van der Waals surface area contributed by atoms with Gasteiger partial charge in [-0.25, -0.2) is 5.43 Å². The van der Waals surface area contributed by atoms with Gasteiger partial charge in [-0.05, 0) is 54.4 Å². The minimum atomic E-state index is -0.232. The van der Waals surface area contributed by atoms with E-state index < -0.39 is 0 Å². The van der Waals surface area contributed by atoms with E-state index in [-0.39, 0.29) is 18.9 Å². The van der Waals surface area contributed by atoms with E-state index in [4.69, 9.17) is 44.3 Å². The zero-order valence-corrected chi connectivity index (χ0v) is 21.4. The molecule has 0 unspecified atom stereocenters. The lowest BCUT2D eigenvalue weighted by molar-refractivity contribution is -0.120. The molecule has 3 aromatic rings. The molecule has 1 amide bonds. The quantitative estimate of drug-likeness (QED) is 0.221. The molecule has 0 heterocycles.